The van der Waals surface area contributed by atoms with E-state index < -0.39 is 6.09 Å². The highest BCUT2D eigenvalue weighted by Crippen LogP contribution is 2.07. The van der Waals surface area contributed by atoms with Gasteiger partial charge in [0.1, 0.15) is 0 Å². The molecule has 0 unspecified atom stereocenters. The quantitative estimate of drug-likeness (QED) is 0.464. The van der Waals surface area contributed by atoms with Crippen molar-refractivity contribution >= 4 is 24.6 Å². The molecule has 0 aliphatic carbocycles. The maximum Gasteiger partial charge on any atom is 0.404 e. The topological polar surface area (TPSA) is 78.4 Å². The average Bonchev–Trinajstić information content (AvgIpc) is 2.31. The van der Waals surface area contributed by atoms with Crippen LogP contribution in [0.1, 0.15) is 12.0 Å². The van der Waals surface area contributed by atoms with Gasteiger partial charge in [-0.1, -0.05) is 12.1 Å². The van der Waals surface area contributed by atoms with E-state index in [9.17, 15) is 9.59 Å². The first-order valence-corrected chi connectivity index (χ1v) is 6.04. The van der Waals surface area contributed by atoms with Crippen LogP contribution in [0.15, 0.2) is 29.2 Å². The van der Waals surface area contributed by atoms with Crippen LogP contribution in [0, 0.1) is 0 Å². The number of thiol groups is 1. The SMILES string of the molecule is O=C(O)NCCCNC(=O)Cc1ccc(S)cc1. The summed E-state index contributed by atoms with van der Waals surface area (Å²) in [5.74, 6) is -0.0720. The standard InChI is InChI=1S/C12H16N2O3S/c15-11(13-6-1-7-14-12(16)17)8-9-2-4-10(18)5-3-9/h2-5,14,18H,1,6-8H2,(H,13,15)(H,16,17). The number of carbonyl (C=O) groups is 2. The Morgan fingerprint density at radius 1 is 1.11 bits per heavy atom. The molecule has 0 aliphatic rings. The molecule has 98 valence electrons. The van der Waals surface area contributed by atoms with E-state index >= 15 is 0 Å². The van der Waals surface area contributed by atoms with Gasteiger partial charge < -0.3 is 15.7 Å². The molecule has 0 atom stereocenters. The average molecular weight is 268 g/mol. The van der Waals surface area contributed by atoms with Gasteiger partial charge in [-0.3, -0.25) is 4.79 Å². The Morgan fingerprint density at radius 3 is 2.33 bits per heavy atom. The van der Waals surface area contributed by atoms with Crippen molar-refractivity contribution in [1.82, 2.24) is 10.6 Å². The Hall–Kier alpha value is -1.69. The zero-order valence-corrected chi connectivity index (χ0v) is 10.7. The fraction of sp³-hybridized carbons (Fsp3) is 0.333. The predicted octanol–water partition coefficient (Wildman–Crippen LogP) is 1.29. The Bertz CT molecular complexity index is 406. The van der Waals surface area contributed by atoms with Crippen molar-refractivity contribution in [3.05, 3.63) is 29.8 Å². The number of carbonyl (C=O) groups excluding carboxylic acids is 1. The third-order valence-corrected chi connectivity index (χ3v) is 2.55. The summed E-state index contributed by atoms with van der Waals surface area (Å²) in [7, 11) is 0. The molecule has 0 fully saturated rings. The highest BCUT2D eigenvalue weighted by molar-refractivity contribution is 7.80. The first kappa shape index (κ1) is 14.4. The lowest BCUT2D eigenvalue weighted by molar-refractivity contribution is -0.120. The number of amides is 2. The van der Waals surface area contributed by atoms with Gasteiger partial charge in [-0.15, -0.1) is 12.6 Å². The molecule has 3 N–H and O–H groups in total. The van der Waals surface area contributed by atoms with E-state index in [-0.39, 0.29) is 5.91 Å². The summed E-state index contributed by atoms with van der Waals surface area (Å²) in [6.07, 6.45) is -0.151. The zero-order chi connectivity index (χ0) is 13.4. The molecule has 1 aromatic carbocycles. The monoisotopic (exact) mass is 268 g/mol. The summed E-state index contributed by atoms with van der Waals surface area (Å²) in [5, 5.41) is 13.3. The van der Waals surface area contributed by atoms with Crippen LogP contribution < -0.4 is 10.6 Å². The summed E-state index contributed by atoms with van der Waals surface area (Å²) in [5.41, 5.74) is 0.925. The van der Waals surface area contributed by atoms with Crippen LogP contribution in [0.5, 0.6) is 0 Å². The first-order valence-electron chi connectivity index (χ1n) is 5.59. The van der Waals surface area contributed by atoms with Crippen LogP contribution >= 0.6 is 12.6 Å². The van der Waals surface area contributed by atoms with Gasteiger partial charge >= 0.3 is 6.09 Å². The van der Waals surface area contributed by atoms with Crippen LogP contribution in [0.25, 0.3) is 0 Å². The summed E-state index contributed by atoms with van der Waals surface area (Å²) < 4.78 is 0. The van der Waals surface area contributed by atoms with Crippen molar-refractivity contribution < 1.29 is 14.7 Å². The molecule has 0 spiro atoms. The molecular formula is C12H16N2O3S. The predicted molar refractivity (Wildman–Crippen MR) is 71.1 cm³/mol. The number of hydrogen-bond donors (Lipinski definition) is 4. The lowest BCUT2D eigenvalue weighted by Crippen LogP contribution is -2.29. The largest absolute Gasteiger partial charge is 0.465 e. The number of carboxylic acid groups (broad SMARTS) is 1. The van der Waals surface area contributed by atoms with E-state index in [0.717, 1.165) is 10.5 Å². The molecular weight excluding hydrogens is 252 g/mol. The summed E-state index contributed by atoms with van der Waals surface area (Å²) in [6, 6.07) is 7.38. The van der Waals surface area contributed by atoms with E-state index in [1.165, 1.54) is 0 Å². The van der Waals surface area contributed by atoms with E-state index in [2.05, 4.69) is 23.3 Å². The molecule has 0 aliphatic heterocycles. The second-order valence-corrected chi connectivity index (χ2v) is 4.30. The minimum absolute atomic E-state index is 0.0720. The smallest absolute Gasteiger partial charge is 0.404 e. The normalized spacial score (nSPS) is 9.83. The highest BCUT2D eigenvalue weighted by Gasteiger charge is 2.02. The first-order chi connectivity index (χ1) is 8.58. The molecule has 0 aromatic heterocycles. The molecule has 0 bridgehead atoms. The Labute approximate surface area is 111 Å². The summed E-state index contributed by atoms with van der Waals surface area (Å²) in [4.78, 5) is 22.5. The van der Waals surface area contributed by atoms with Gasteiger partial charge in [-0.25, -0.2) is 4.79 Å². The van der Waals surface area contributed by atoms with Gasteiger partial charge in [0, 0.05) is 18.0 Å². The van der Waals surface area contributed by atoms with Gasteiger partial charge in [0.2, 0.25) is 5.91 Å². The summed E-state index contributed by atoms with van der Waals surface area (Å²) in [6.45, 7) is 0.799. The van der Waals surface area contributed by atoms with Crippen LogP contribution in [0.2, 0.25) is 0 Å². The molecule has 0 saturated heterocycles. The molecule has 18 heavy (non-hydrogen) atoms. The van der Waals surface area contributed by atoms with Gasteiger partial charge in [-0.05, 0) is 24.1 Å². The van der Waals surface area contributed by atoms with Gasteiger partial charge in [0.15, 0.2) is 0 Å². The van der Waals surface area contributed by atoms with Gasteiger partial charge in [-0.2, -0.15) is 0 Å². The van der Waals surface area contributed by atoms with Crippen molar-refractivity contribution in [2.75, 3.05) is 13.1 Å². The third-order valence-electron chi connectivity index (χ3n) is 2.25. The number of benzene rings is 1. The lowest BCUT2D eigenvalue weighted by atomic mass is 10.1. The van der Waals surface area contributed by atoms with E-state index in [0.29, 0.717) is 25.9 Å². The van der Waals surface area contributed by atoms with Crippen molar-refractivity contribution in [2.45, 2.75) is 17.7 Å². The fourth-order valence-electron chi connectivity index (χ4n) is 1.37. The molecule has 0 heterocycles. The van der Waals surface area contributed by atoms with E-state index in [1.54, 1.807) is 0 Å². The number of rotatable bonds is 6. The molecule has 0 radical (unpaired) electrons. The zero-order valence-electron chi connectivity index (χ0n) is 9.85. The summed E-state index contributed by atoms with van der Waals surface area (Å²) >= 11 is 4.16. The molecule has 0 saturated carbocycles. The van der Waals surface area contributed by atoms with Crippen molar-refractivity contribution in [3.63, 3.8) is 0 Å². The maximum atomic E-state index is 11.5. The van der Waals surface area contributed by atoms with Crippen LogP contribution in [-0.2, 0) is 11.2 Å². The molecule has 5 nitrogen and oxygen atoms in total. The second-order valence-electron chi connectivity index (χ2n) is 3.78. The minimum Gasteiger partial charge on any atom is -0.465 e. The Morgan fingerprint density at radius 2 is 1.72 bits per heavy atom. The number of nitrogens with one attached hydrogen (secondary N) is 2. The molecule has 2 amide bonds. The Balaban J connectivity index is 2.17. The van der Waals surface area contributed by atoms with Crippen molar-refractivity contribution in [2.24, 2.45) is 0 Å². The minimum atomic E-state index is -1.05. The maximum absolute atomic E-state index is 11.5. The van der Waals surface area contributed by atoms with Crippen LogP contribution in [-0.4, -0.2) is 30.2 Å². The Kier molecular flexibility index (Phi) is 6.07. The van der Waals surface area contributed by atoms with Crippen molar-refractivity contribution in [3.8, 4) is 0 Å². The third kappa shape index (κ3) is 6.15. The van der Waals surface area contributed by atoms with E-state index in [4.69, 9.17) is 5.11 Å². The van der Waals surface area contributed by atoms with Crippen LogP contribution in [0.4, 0.5) is 4.79 Å². The molecule has 1 aromatic rings. The molecule has 6 heteroatoms. The van der Waals surface area contributed by atoms with Crippen molar-refractivity contribution in [1.29, 1.82) is 0 Å². The second kappa shape index (κ2) is 7.60. The number of hydrogen-bond acceptors (Lipinski definition) is 3. The fourth-order valence-corrected chi connectivity index (χ4v) is 1.52. The lowest BCUT2D eigenvalue weighted by Gasteiger charge is -2.05. The highest BCUT2D eigenvalue weighted by atomic mass is 32.1. The van der Waals surface area contributed by atoms with E-state index in [1.807, 2.05) is 24.3 Å². The van der Waals surface area contributed by atoms with Gasteiger partial charge in [0.05, 0.1) is 6.42 Å². The van der Waals surface area contributed by atoms with Crippen LogP contribution in [0.3, 0.4) is 0 Å². The molecule has 1 rings (SSSR count). The van der Waals surface area contributed by atoms with Gasteiger partial charge in [0.25, 0.3) is 0 Å².